The number of nitrogens with one attached hydrogen (secondary N) is 3. The van der Waals surface area contributed by atoms with E-state index in [4.69, 9.17) is 17.2 Å². The third-order valence-corrected chi connectivity index (χ3v) is 2.94. The predicted octanol–water partition coefficient (Wildman–Crippen LogP) is -1.91. The summed E-state index contributed by atoms with van der Waals surface area (Å²) in [7, 11) is 0. The molecule has 0 rings (SSSR count). The molecule has 1 atom stereocenters. The molecule has 0 spiro atoms. The number of carbonyl (C=O) groups excluding carboxylic acids is 1. The van der Waals surface area contributed by atoms with Crippen LogP contribution in [0.25, 0.3) is 0 Å². The maximum absolute atomic E-state index is 11.3. The monoisotopic (exact) mass is 288 g/mol. The summed E-state index contributed by atoms with van der Waals surface area (Å²) in [6.07, 6.45) is 4.26. The number of unbranched alkanes of at least 4 members (excludes halogenated alkanes) is 1. The van der Waals surface area contributed by atoms with Gasteiger partial charge in [-0.05, 0) is 58.4 Å². The van der Waals surface area contributed by atoms with E-state index in [1.165, 1.54) is 6.42 Å². The van der Waals surface area contributed by atoms with Crippen LogP contribution < -0.4 is 33.2 Å². The van der Waals surface area contributed by atoms with Crippen molar-refractivity contribution in [1.82, 2.24) is 16.0 Å². The SMILES string of the molecule is NCCCNCCCCNCCCNC(=O)[C@H](N)CN. The van der Waals surface area contributed by atoms with Crippen LogP contribution in [0.3, 0.4) is 0 Å². The van der Waals surface area contributed by atoms with E-state index < -0.39 is 6.04 Å². The maximum Gasteiger partial charge on any atom is 0.238 e. The molecule has 0 aliphatic rings. The lowest BCUT2D eigenvalue weighted by Crippen LogP contribution is -2.45. The fourth-order valence-corrected chi connectivity index (χ4v) is 1.64. The topological polar surface area (TPSA) is 131 Å². The first-order chi connectivity index (χ1) is 9.72. The number of nitrogens with two attached hydrogens (primary N) is 3. The molecule has 20 heavy (non-hydrogen) atoms. The summed E-state index contributed by atoms with van der Waals surface area (Å²) >= 11 is 0. The van der Waals surface area contributed by atoms with E-state index in [1.54, 1.807) is 0 Å². The quantitative estimate of drug-likeness (QED) is 0.207. The van der Waals surface area contributed by atoms with Crippen LogP contribution in [0.15, 0.2) is 0 Å². The summed E-state index contributed by atoms with van der Waals surface area (Å²) in [4.78, 5) is 11.3. The lowest BCUT2D eigenvalue weighted by Gasteiger charge is -2.10. The van der Waals surface area contributed by atoms with Gasteiger partial charge in [-0.15, -0.1) is 0 Å². The Hall–Kier alpha value is -0.730. The van der Waals surface area contributed by atoms with Crippen molar-refractivity contribution in [3.8, 4) is 0 Å². The highest BCUT2D eigenvalue weighted by Gasteiger charge is 2.09. The third-order valence-electron chi connectivity index (χ3n) is 2.94. The van der Waals surface area contributed by atoms with Crippen molar-refractivity contribution in [2.45, 2.75) is 31.7 Å². The molecule has 0 saturated heterocycles. The molecule has 0 fully saturated rings. The summed E-state index contributed by atoms with van der Waals surface area (Å²) in [5.41, 5.74) is 16.2. The minimum atomic E-state index is -0.588. The van der Waals surface area contributed by atoms with E-state index in [9.17, 15) is 4.79 Å². The van der Waals surface area contributed by atoms with Crippen molar-refractivity contribution in [3.63, 3.8) is 0 Å². The van der Waals surface area contributed by atoms with Crippen molar-refractivity contribution < 1.29 is 4.79 Å². The third kappa shape index (κ3) is 12.3. The van der Waals surface area contributed by atoms with E-state index >= 15 is 0 Å². The minimum Gasteiger partial charge on any atom is -0.355 e. The fraction of sp³-hybridized carbons (Fsp3) is 0.923. The highest BCUT2D eigenvalue weighted by molar-refractivity contribution is 5.81. The van der Waals surface area contributed by atoms with Crippen LogP contribution in [-0.4, -0.2) is 57.8 Å². The average molecular weight is 288 g/mol. The summed E-state index contributed by atoms with van der Waals surface area (Å²) in [5, 5.41) is 9.46. The van der Waals surface area contributed by atoms with Gasteiger partial charge in [0.1, 0.15) is 0 Å². The lowest BCUT2D eigenvalue weighted by molar-refractivity contribution is -0.122. The molecule has 0 heterocycles. The van der Waals surface area contributed by atoms with Crippen LogP contribution >= 0.6 is 0 Å². The smallest absolute Gasteiger partial charge is 0.238 e. The lowest BCUT2D eigenvalue weighted by atomic mass is 10.3. The van der Waals surface area contributed by atoms with Crippen LogP contribution in [0.1, 0.15) is 25.7 Å². The zero-order chi connectivity index (χ0) is 15.1. The Morgan fingerprint density at radius 2 is 1.40 bits per heavy atom. The zero-order valence-electron chi connectivity index (χ0n) is 12.5. The maximum atomic E-state index is 11.3. The largest absolute Gasteiger partial charge is 0.355 e. The van der Waals surface area contributed by atoms with E-state index in [1.807, 2.05) is 0 Å². The first kappa shape index (κ1) is 19.3. The Balaban J connectivity index is 3.11. The normalized spacial score (nSPS) is 12.3. The van der Waals surface area contributed by atoms with Crippen molar-refractivity contribution in [1.29, 1.82) is 0 Å². The molecule has 0 aliphatic heterocycles. The molecule has 7 nitrogen and oxygen atoms in total. The number of hydrogen-bond donors (Lipinski definition) is 6. The molecular formula is C13H32N6O. The van der Waals surface area contributed by atoms with Crippen LogP contribution in [0.2, 0.25) is 0 Å². The molecule has 0 saturated carbocycles. The van der Waals surface area contributed by atoms with Crippen LogP contribution in [0.5, 0.6) is 0 Å². The van der Waals surface area contributed by atoms with Gasteiger partial charge in [0, 0.05) is 13.1 Å². The van der Waals surface area contributed by atoms with Crippen molar-refractivity contribution in [2.24, 2.45) is 17.2 Å². The molecule has 0 aliphatic carbocycles. The fourth-order valence-electron chi connectivity index (χ4n) is 1.64. The van der Waals surface area contributed by atoms with E-state index in [0.29, 0.717) is 6.54 Å². The zero-order valence-corrected chi connectivity index (χ0v) is 12.5. The summed E-state index contributed by atoms with van der Waals surface area (Å²) < 4.78 is 0. The van der Waals surface area contributed by atoms with Gasteiger partial charge in [0.2, 0.25) is 5.91 Å². The van der Waals surface area contributed by atoms with Gasteiger partial charge in [0.05, 0.1) is 6.04 Å². The molecule has 1 amide bonds. The minimum absolute atomic E-state index is 0.170. The Morgan fingerprint density at radius 3 is 1.95 bits per heavy atom. The molecule has 0 radical (unpaired) electrons. The predicted molar refractivity (Wildman–Crippen MR) is 83.3 cm³/mol. The second-order valence-electron chi connectivity index (χ2n) is 4.84. The average Bonchev–Trinajstić information content (AvgIpc) is 2.47. The molecule has 0 aromatic rings. The molecular weight excluding hydrogens is 256 g/mol. The van der Waals surface area contributed by atoms with Gasteiger partial charge in [-0.2, -0.15) is 0 Å². The first-order valence-electron chi connectivity index (χ1n) is 7.57. The van der Waals surface area contributed by atoms with Crippen LogP contribution in [-0.2, 0) is 4.79 Å². The van der Waals surface area contributed by atoms with E-state index in [0.717, 1.165) is 52.0 Å². The molecule has 0 aromatic carbocycles. The Bertz CT molecular complexity index is 227. The second-order valence-corrected chi connectivity index (χ2v) is 4.84. The summed E-state index contributed by atoms with van der Waals surface area (Å²) in [6.45, 7) is 5.54. The van der Waals surface area contributed by atoms with Gasteiger partial charge in [-0.3, -0.25) is 4.79 Å². The number of rotatable bonds is 14. The molecule has 7 heteroatoms. The van der Waals surface area contributed by atoms with Crippen LogP contribution in [0, 0.1) is 0 Å². The van der Waals surface area contributed by atoms with Crippen LogP contribution in [0.4, 0.5) is 0 Å². The van der Waals surface area contributed by atoms with Gasteiger partial charge in [0.25, 0.3) is 0 Å². The van der Waals surface area contributed by atoms with Crippen molar-refractivity contribution in [3.05, 3.63) is 0 Å². The second kappa shape index (κ2) is 14.7. The van der Waals surface area contributed by atoms with Crippen molar-refractivity contribution >= 4 is 5.91 Å². The number of amides is 1. The number of carbonyl (C=O) groups is 1. The van der Waals surface area contributed by atoms with Gasteiger partial charge in [0.15, 0.2) is 0 Å². The van der Waals surface area contributed by atoms with Gasteiger partial charge < -0.3 is 33.2 Å². The summed E-state index contributed by atoms with van der Waals surface area (Å²) in [6, 6.07) is -0.588. The molecule has 120 valence electrons. The highest BCUT2D eigenvalue weighted by Crippen LogP contribution is 1.85. The first-order valence-corrected chi connectivity index (χ1v) is 7.57. The Kier molecular flexibility index (Phi) is 14.1. The van der Waals surface area contributed by atoms with Gasteiger partial charge >= 0.3 is 0 Å². The van der Waals surface area contributed by atoms with Crippen molar-refractivity contribution in [2.75, 3.05) is 45.8 Å². The van der Waals surface area contributed by atoms with E-state index in [-0.39, 0.29) is 12.5 Å². The highest BCUT2D eigenvalue weighted by atomic mass is 16.2. The molecule has 9 N–H and O–H groups in total. The standard InChI is InChI=1S/C13H32N6O/c14-5-3-8-17-6-1-2-7-18-9-4-10-19-13(20)12(16)11-15/h12,17-18H,1-11,14-16H2,(H,19,20)/t12-/m1/s1. The van der Waals surface area contributed by atoms with Gasteiger partial charge in [-0.1, -0.05) is 0 Å². The summed E-state index contributed by atoms with van der Waals surface area (Å²) in [5.74, 6) is -0.170. The molecule has 0 unspecified atom stereocenters. The number of hydrogen-bond acceptors (Lipinski definition) is 6. The Labute approximate surface area is 122 Å². The van der Waals surface area contributed by atoms with Gasteiger partial charge in [-0.25, -0.2) is 0 Å². The molecule has 0 bridgehead atoms. The van der Waals surface area contributed by atoms with E-state index in [2.05, 4.69) is 16.0 Å². The molecule has 0 aromatic heterocycles. The Morgan fingerprint density at radius 1 is 0.850 bits per heavy atom.